The van der Waals surface area contributed by atoms with Crippen molar-refractivity contribution < 1.29 is 14.2 Å². The quantitative estimate of drug-likeness (QED) is 0.898. The van der Waals surface area contributed by atoms with Gasteiger partial charge in [-0.1, -0.05) is 6.92 Å². The van der Waals surface area contributed by atoms with Crippen molar-refractivity contribution in [2.24, 2.45) is 11.7 Å². The monoisotopic (exact) mass is 294 g/mol. The van der Waals surface area contributed by atoms with Gasteiger partial charge in [0.25, 0.3) is 0 Å². The number of methoxy groups -OCH3 is 3. The van der Waals surface area contributed by atoms with Crippen molar-refractivity contribution in [3.8, 4) is 17.2 Å². The van der Waals surface area contributed by atoms with Crippen LogP contribution in [-0.2, 0) is 6.54 Å². The lowest BCUT2D eigenvalue weighted by Gasteiger charge is -2.35. The third kappa shape index (κ3) is 3.60. The first-order valence-corrected chi connectivity index (χ1v) is 7.35. The molecule has 0 radical (unpaired) electrons. The van der Waals surface area contributed by atoms with Crippen molar-refractivity contribution in [2.75, 3.05) is 34.4 Å². The Hall–Kier alpha value is -1.46. The molecule has 2 unspecified atom stereocenters. The molecule has 0 aliphatic carbocycles. The second-order valence-corrected chi connectivity index (χ2v) is 5.70. The Morgan fingerprint density at radius 2 is 1.76 bits per heavy atom. The highest BCUT2D eigenvalue weighted by Crippen LogP contribution is 2.38. The molecule has 2 atom stereocenters. The van der Waals surface area contributed by atoms with E-state index in [1.165, 1.54) is 0 Å². The fraction of sp³-hybridized carbons (Fsp3) is 0.625. The largest absolute Gasteiger partial charge is 0.493 e. The zero-order chi connectivity index (χ0) is 15.4. The molecule has 0 saturated carbocycles. The Morgan fingerprint density at radius 1 is 1.14 bits per heavy atom. The van der Waals surface area contributed by atoms with E-state index in [2.05, 4.69) is 11.8 Å². The van der Waals surface area contributed by atoms with Crippen molar-refractivity contribution in [3.05, 3.63) is 17.7 Å². The standard InChI is InChI=1S/C16H26N2O3/c1-11-9-18(6-5-13(11)17)10-12-7-14(19-2)16(21-4)15(8-12)20-3/h7-8,11,13H,5-6,9-10,17H2,1-4H3. The molecular weight excluding hydrogens is 268 g/mol. The number of hydrogen-bond donors (Lipinski definition) is 1. The molecule has 2 N–H and O–H groups in total. The van der Waals surface area contributed by atoms with Crippen LogP contribution in [0.1, 0.15) is 18.9 Å². The maximum Gasteiger partial charge on any atom is 0.203 e. The molecule has 1 saturated heterocycles. The topological polar surface area (TPSA) is 57.0 Å². The maximum absolute atomic E-state index is 6.08. The summed E-state index contributed by atoms with van der Waals surface area (Å²) in [6.45, 7) is 5.14. The van der Waals surface area contributed by atoms with Crippen molar-refractivity contribution in [3.63, 3.8) is 0 Å². The minimum Gasteiger partial charge on any atom is -0.493 e. The zero-order valence-electron chi connectivity index (χ0n) is 13.4. The van der Waals surface area contributed by atoms with E-state index in [1.54, 1.807) is 21.3 Å². The molecular formula is C16H26N2O3. The van der Waals surface area contributed by atoms with Crippen LogP contribution in [0.3, 0.4) is 0 Å². The highest BCUT2D eigenvalue weighted by Gasteiger charge is 2.23. The summed E-state index contributed by atoms with van der Waals surface area (Å²) in [5.41, 5.74) is 7.24. The predicted molar refractivity (Wildman–Crippen MR) is 83.1 cm³/mol. The smallest absolute Gasteiger partial charge is 0.203 e. The van der Waals surface area contributed by atoms with Crippen molar-refractivity contribution in [1.29, 1.82) is 0 Å². The second kappa shape index (κ2) is 7.00. The second-order valence-electron chi connectivity index (χ2n) is 5.70. The van der Waals surface area contributed by atoms with Crippen LogP contribution in [-0.4, -0.2) is 45.4 Å². The SMILES string of the molecule is COc1cc(CN2CCC(N)C(C)C2)cc(OC)c1OC. The minimum absolute atomic E-state index is 0.321. The summed E-state index contributed by atoms with van der Waals surface area (Å²) in [4.78, 5) is 2.43. The van der Waals surface area contributed by atoms with Gasteiger partial charge in [0.1, 0.15) is 0 Å². The van der Waals surface area contributed by atoms with E-state index in [-0.39, 0.29) is 0 Å². The number of rotatable bonds is 5. The van der Waals surface area contributed by atoms with Gasteiger partial charge < -0.3 is 19.9 Å². The first-order chi connectivity index (χ1) is 10.1. The third-order valence-electron chi connectivity index (χ3n) is 4.19. The number of nitrogens with zero attached hydrogens (tertiary/aromatic N) is 1. The fourth-order valence-corrected chi connectivity index (χ4v) is 2.88. The van der Waals surface area contributed by atoms with E-state index in [9.17, 15) is 0 Å². The lowest BCUT2D eigenvalue weighted by molar-refractivity contribution is 0.157. The Labute approximate surface area is 127 Å². The summed E-state index contributed by atoms with van der Waals surface area (Å²) >= 11 is 0. The molecule has 0 spiro atoms. The van der Waals surface area contributed by atoms with Gasteiger partial charge in [0.05, 0.1) is 21.3 Å². The number of ether oxygens (including phenoxy) is 3. The Morgan fingerprint density at radius 3 is 2.24 bits per heavy atom. The average molecular weight is 294 g/mol. The van der Waals surface area contributed by atoms with E-state index in [0.29, 0.717) is 29.2 Å². The Bertz CT molecular complexity index is 454. The normalized spacial score (nSPS) is 22.9. The summed E-state index contributed by atoms with van der Waals surface area (Å²) in [5, 5.41) is 0. The maximum atomic E-state index is 6.08. The number of likely N-dealkylation sites (tertiary alicyclic amines) is 1. The number of benzene rings is 1. The van der Waals surface area contributed by atoms with Gasteiger partial charge in [0.15, 0.2) is 11.5 Å². The summed E-state index contributed by atoms with van der Waals surface area (Å²) in [5.74, 6) is 2.57. The Kier molecular flexibility index (Phi) is 5.31. The summed E-state index contributed by atoms with van der Waals surface area (Å²) in [6, 6.07) is 4.35. The van der Waals surface area contributed by atoms with Crippen molar-refractivity contribution in [2.45, 2.75) is 25.9 Å². The predicted octanol–water partition coefficient (Wildman–Crippen LogP) is 1.88. The molecule has 1 aromatic carbocycles. The van der Waals surface area contributed by atoms with E-state index in [4.69, 9.17) is 19.9 Å². The van der Waals surface area contributed by atoms with Crippen LogP contribution >= 0.6 is 0 Å². The molecule has 118 valence electrons. The summed E-state index contributed by atoms with van der Waals surface area (Å²) < 4.78 is 16.2. The molecule has 1 aliphatic heterocycles. The van der Waals surface area contributed by atoms with Gasteiger partial charge in [-0.05, 0) is 36.6 Å². The van der Waals surface area contributed by atoms with Crippen LogP contribution in [0.15, 0.2) is 12.1 Å². The van der Waals surface area contributed by atoms with Crippen molar-refractivity contribution in [1.82, 2.24) is 4.90 Å². The molecule has 1 aromatic rings. The number of piperidine rings is 1. The van der Waals surface area contributed by atoms with Crippen LogP contribution in [0.5, 0.6) is 17.2 Å². The van der Waals surface area contributed by atoms with E-state index >= 15 is 0 Å². The van der Waals surface area contributed by atoms with Gasteiger partial charge >= 0.3 is 0 Å². The van der Waals surface area contributed by atoms with E-state index < -0.39 is 0 Å². The zero-order valence-corrected chi connectivity index (χ0v) is 13.4. The molecule has 0 bridgehead atoms. The highest BCUT2D eigenvalue weighted by molar-refractivity contribution is 5.53. The van der Waals surface area contributed by atoms with Crippen LogP contribution in [0, 0.1) is 5.92 Å². The molecule has 0 amide bonds. The lowest BCUT2D eigenvalue weighted by atomic mass is 9.94. The summed E-state index contributed by atoms with van der Waals surface area (Å²) in [6.07, 6.45) is 1.05. The van der Waals surface area contributed by atoms with Crippen LogP contribution in [0.4, 0.5) is 0 Å². The molecule has 1 fully saturated rings. The lowest BCUT2D eigenvalue weighted by Crippen LogP contribution is -2.45. The number of nitrogens with two attached hydrogens (primary N) is 1. The van der Waals surface area contributed by atoms with Gasteiger partial charge in [-0.3, -0.25) is 4.90 Å². The van der Waals surface area contributed by atoms with Crippen LogP contribution in [0.25, 0.3) is 0 Å². The molecule has 1 aliphatic rings. The number of hydrogen-bond acceptors (Lipinski definition) is 5. The van der Waals surface area contributed by atoms with Crippen LogP contribution in [0.2, 0.25) is 0 Å². The van der Waals surface area contributed by atoms with E-state index in [1.807, 2.05) is 12.1 Å². The van der Waals surface area contributed by atoms with E-state index in [0.717, 1.165) is 31.6 Å². The first kappa shape index (κ1) is 15.9. The van der Waals surface area contributed by atoms with Crippen LogP contribution < -0.4 is 19.9 Å². The van der Waals surface area contributed by atoms with Gasteiger partial charge in [-0.2, -0.15) is 0 Å². The first-order valence-electron chi connectivity index (χ1n) is 7.35. The van der Waals surface area contributed by atoms with Crippen molar-refractivity contribution >= 4 is 0 Å². The highest BCUT2D eigenvalue weighted by atomic mass is 16.5. The molecule has 5 nitrogen and oxygen atoms in total. The minimum atomic E-state index is 0.321. The average Bonchev–Trinajstić information content (AvgIpc) is 2.49. The summed E-state index contributed by atoms with van der Waals surface area (Å²) in [7, 11) is 4.90. The van der Waals surface area contributed by atoms with Gasteiger partial charge in [-0.25, -0.2) is 0 Å². The van der Waals surface area contributed by atoms with Gasteiger partial charge in [0.2, 0.25) is 5.75 Å². The molecule has 5 heteroatoms. The molecule has 2 rings (SSSR count). The third-order valence-corrected chi connectivity index (χ3v) is 4.19. The fourth-order valence-electron chi connectivity index (χ4n) is 2.88. The molecule has 0 aromatic heterocycles. The van der Waals surface area contributed by atoms with Gasteiger partial charge in [-0.15, -0.1) is 0 Å². The van der Waals surface area contributed by atoms with Gasteiger partial charge in [0, 0.05) is 19.1 Å². The Balaban J connectivity index is 2.16. The molecule has 1 heterocycles. The molecule has 21 heavy (non-hydrogen) atoms.